The van der Waals surface area contributed by atoms with E-state index < -0.39 is 11.9 Å². The van der Waals surface area contributed by atoms with Gasteiger partial charge in [-0.2, -0.15) is 0 Å². The number of ketones is 1. The molecule has 0 saturated carbocycles. The molecule has 3 aromatic rings. The molecule has 0 aliphatic rings. The van der Waals surface area contributed by atoms with Crippen molar-refractivity contribution < 1.29 is 23.9 Å². The molecule has 5 nitrogen and oxygen atoms in total. The summed E-state index contributed by atoms with van der Waals surface area (Å²) in [7, 11) is 0. The van der Waals surface area contributed by atoms with E-state index in [4.69, 9.17) is 9.47 Å². The highest BCUT2D eigenvalue weighted by molar-refractivity contribution is 6.06. The number of hydrogen-bond donors (Lipinski definition) is 0. The van der Waals surface area contributed by atoms with Gasteiger partial charge in [0.05, 0.1) is 5.56 Å². The van der Waals surface area contributed by atoms with E-state index in [1.54, 1.807) is 12.1 Å². The van der Waals surface area contributed by atoms with Crippen molar-refractivity contribution in [3.8, 4) is 5.75 Å². The highest BCUT2D eigenvalue weighted by Crippen LogP contribution is 2.19. The van der Waals surface area contributed by atoms with Gasteiger partial charge >= 0.3 is 11.9 Å². The average Bonchev–Trinajstić information content (AvgIpc) is 2.65. The van der Waals surface area contributed by atoms with Crippen LogP contribution >= 0.6 is 0 Å². The van der Waals surface area contributed by atoms with Gasteiger partial charge < -0.3 is 9.47 Å². The van der Waals surface area contributed by atoms with Crippen LogP contribution in [0.15, 0.2) is 66.7 Å². The summed E-state index contributed by atoms with van der Waals surface area (Å²) >= 11 is 0. The molecular formula is C21H16O5. The summed E-state index contributed by atoms with van der Waals surface area (Å²) in [6, 6.07) is 18.9. The lowest BCUT2D eigenvalue weighted by atomic mass is 10.0. The molecule has 5 heteroatoms. The Labute approximate surface area is 150 Å². The Hall–Kier alpha value is -3.47. The maximum atomic E-state index is 12.3. The Bertz CT molecular complexity index is 968. The predicted octanol–water partition coefficient (Wildman–Crippen LogP) is 3.80. The van der Waals surface area contributed by atoms with E-state index in [2.05, 4.69) is 0 Å². The van der Waals surface area contributed by atoms with E-state index in [9.17, 15) is 14.4 Å². The van der Waals surface area contributed by atoms with Crippen molar-refractivity contribution in [2.75, 3.05) is 6.61 Å². The number of esters is 2. The Morgan fingerprint density at radius 3 is 2.27 bits per heavy atom. The molecule has 130 valence electrons. The van der Waals surface area contributed by atoms with Crippen molar-refractivity contribution in [2.24, 2.45) is 0 Å². The van der Waals surface area contributed by atoms with E-state index in [0.717, 1.165) is 10.8 Å². The van der Waals surface area contributed by atoms with Gasteiger partial charge in [-0.05, 0) is 41.1 Å². The van der Waals surface area contributed by atoms with Crippen LogP contribution in [0.3, 0.4) is 0 Å². The normalized spacial score (nSPS) is 10.3. The molecule has 0 bridgehead atoms. The van der Waals surface area contributed by atoms with Crippen molar-refractivity contribution in [1.82, 2.24) is 0 Å². The summed E-state index contributed by atoms with van der Waals surface area (Å²) < 4.78 is 10.1. The zero-order valence-electron chi connectivity index (χ0n) is 14.1. The van der Waals surface area contributed by atoms with Crippen LogP contribution in [0, 0.1) is 0 Å². The van der Waals surface area contributed by atoms with Gasteiger partial charge in [-0.1, -0.05) is 36.4 Å². The first-order chi connectivity index (χ1) is 12.5. The van der Waals surface area contributed by atoms with Crippen molar-refractivity contribution in [3.63, 3.8) is 0 Å². The van der Waals surface area contributed by atoms with Crippen LogP contribution in [-0.2, 0) is 9.53 Å². The van der Waals surface area contributed by atoms with E-state index in [-0.39, 0.29) is 12.4 Å². The first-order valence-corrected chi connectivity index (χ1v) is 8.01. The van der Waals surface area contributed by atoms with Crippen LogP contribution in [0.5, 0.6) is 5.75 Å². The minimum absolute atomic E-state index is 0.340. The summed E-state index contributed by atoms with van der Waals surface area (Å²) in [5.41, 5.74) is 0.785. The molecule has 26 heavy (non-hydrogen) atoms. The third-order valence-corrected chi connectivity index (χ3v) is 3.78. The molecule has 0 unspecified atom stereocenters. The topological polar surface area (TPSA) is 69.7 Å². The minimum Gasteiger partial charge on any atom is -0.454 e. The van der Waals surface area contributed by atoms with Gasteiger partial charge in [-0.25, -0.2) is 4.79 Å². The van der Waals surface area contributed by atoms with Crippen LogP contribution < -0.4 is 4.74 Å². The Morgan fingerprint density at radius 2 is 1.54 bits per heavy atom. The van der Waals surface area contributed by atoms with Crippen LogP contribution in [0.2, 0.25) is 0 Å². The van der Waals surface area contributed by atoms with E-state index >= 15 is 0 Å². The standard InChI is InChI=1S/C21H16O5/c1-14(22)26-17-11-9-16(10-12-17)20(23)13-25-21(24)19-8-4-6-15-5-2-3-7-18(15)19/h2-12H,13H2,1H3. The molecular weight excluding hydrogens is 332 g/mol. The van der Waals surface area contributed by atoms with Gasteiger partial charge in [0, 0.05) is 12.5 Å². The monoisotopic (exact) mass is 348 g/mol. The van der Waals surface area contributed by atoms with E-state index in [1.165, 1.54) is 31.2 Å². The molecule has 0 aromatic heterocycles. The molecule has 0 fully saturated rings. The van der Waals surface area contributed by atoms with Gasteiger partial charge in [-0.15, -0.1) is 0 Å². The van der Waals surface area contributed by atoms with Crippen LogP contribution in [0.25, 0.3) is 10.8 Å². The first kappa shape index (κ1) is 17.4. The summed E-state index contributed by atoms with van der Waals surface area (Å²) in [6.07, 6.45) is 0. The largest absolute Gasteiger partial charge is 0.454 e. The smallest absolute Gasteiger partial charge is 0.339 e. The SMILES string of the molecule is CC(=O)Oc1ccc(C(=O)COC(=O)c2cccc3ccccc23)cc1. The second-order valence-electron chi connectivity index (χ2n) is 5.64. The summed E-state index contributed by atoms with van der Waals surface area (Å²) in [4.78, 5) is 35.4. The van der Waals surface area contributed by atoms with Gasteiger partial charge in [0.1, 0.15) is 5.75 Å². The Kier molecular flexibility index (Phi) is 5.08. The van der Waals surface area contributed by atoms with Crippen molar-refractivity contribution in [1.29, 1.82) is 0 Å². The molecule has 0 aliphatic heterocycles. The fourth-order valence-electron chi connectivity index (χ4n) is 2.57. The number of fused-ring (bicyclic) bond motifs is 1. The van der Waals surface area contributed by atoms with Crippen LogP contribution in [0.4, 0.5) is 0 Å². The Morgan fingerprint density at radius 1 is 0.846 bits per heavy atom. The molecule has 3 rings (SSSR count). The number of carbonyl (C=O) groups excluding carboxylic acids is 3. The summed E-state index contributed by atoms with van der Waals surface area (Å²) in [5, 5.41) is 1.70. The highest BCUT2D eigenvalue weighted by atomic mass is 16.5. The van der Waals surface area contributed by atoms with Crippen molar-refractivity contribution >= 4 is 28.5 Å². The zero-order valence-corrected chi connectivity index (χ0v) is 14.1. The van der Waals surface area contributed by atoms with Crippen molar-refractivity contribution in [3.05, 3.63) is 77.9 Å². The lowest BCUT2D eigenvalue weighted by Crippen LogP contribution is -2.14. The molecule has 0 amide bonds. The third kappa shape index (κ3) is 3.95. The maximum Gasteiger partial charge on any atom is 0.339 e. The number of carbonyl (C=O) groups is 3. The summed E-state index contributed by atoms with van der Waals surface area (Å²) in [6.45, 7) is 0.931. The van der Waals surface area contributed by atoms with E-state index in [1.807, 2.05) is 30.3 Å². The second-order valence-corrected chi connectivity index (χ2v) is 5.64. The molecule has 0 atom stereocenters. The molecule has 0 heterocycles. The number of hydrogen-bond acceptors (Lipinski definition) is 5. The third-order valence-electron chi connectivity index (χ3n) is 3.78. The van der Waals surface area contributed by atoms with Gasteiger partial charge in [0.25, 0.3) is 0 Å². The average molecular weight is 348 g/mol. The number of ether oxygens (including phenoxy) is 2. The van der Waals surface area contributed by atoms with Crippen molar-refractivity contribution in [2.45, 2.75) is 6.92 Å². The fourth-order valence-corrected chi connectivity index (χ4v) is 2.57. The molecule has 0 spiro atoms. The van der Waals surface area contributed by atoms with Gasteiger partial charge in [0.15, 0.2) is 12.4 Å². The highest BCUT2D eigenvalue weighted by Gasteiger charge is 2.14. The lowest BCUT2D eigenvalue weighted by molar-refractivity contribution is -0.131. The second kappa shape index (κ2) is 7.61. The quantitative estimate of drug-likeness (QED) is 0.398. The van der Waals surface area contributed by atoms with E-state index in [0.29, 0.717) is 16.9 Å². The van der Waals surface area contributed by atoms with Crippen LogP contribution in [-0.4, -0.2) is 24.3 Å². The van der Waals surface area contributed by atoms with Gasteiger partial charge in [0.2, 0.25) is 0 Å². The summed E-state index contributed by atoms with van der Waals surface area (Å²) in [5.74, 6) is -0.977. The van der Waals surface area contributed by atoms with Crippen LogP contribution in [0.1, 0.15) is 27.6 Å². The molecule has 0 N–H and O–H groups in total. The Balaban J connectivity index is 1.67. The fraction of sp³-hybridized carbons (Fsp3) is 0.0952. The van der Waals surface area contributed by atoms with Gasteiger partial charge in [-0.3, -0.25) is 9.59 Å². The number of benzene rings is 3. The maximum absolute atomic E-state index is 12.3. The zero-order chi connectivity index (χ0) is 18.5. The molecule has 0 aliphatic carbocycles. The molecule has 0 radical (unpaired) electrons. The number of rotatable bonds is 5. The molecule has 0 saturated heterocycles. The lowest BCUT2D eigenvalue weighted by Gasteiger charge is -2.07. The minimum atomic E-state index is -0.549. The predicted molar refractivity (Wildman–Crippen MR) is 96.3 cm³/mol. The molecule has 3 aromatic carbocycles. The number of Topliss-reactive ketones (excluding diaryl/α,β-unsaturated/α-hetero) is 1. The first-order valence-electron chi connectivity index (χ1n) is 8.01.